The van der Waals surface area contributed by atoms with Gasteiger partial charge >= 0.3 is 0 Å². The molecule has 0 saturated heterocycles. The zero-order chi connectivity index (χ0) is 19.2. The van der Waals surface area contributed by atoms with Gasteiger partial charge < -0.3 is 5.32 Å². The fourth-order valence-electron chi connectivity index (χ4n) is 2.40. The first kappa shape index (κ1) is 20.6. The zero-order valence-corrected chi connectivity index (χ0v) is 16.6. The van der Waals surface area contributed by atoms with Gasteiger partial charge in [0.25, 0.3) is 0 Å². The summed E-state index contributed by atoms with van der Waals surface area (Å²) in [4.78, 5) is 12.0. The van der Waals surface area contributed by atoms with E-state index in [1.54, 1.807) is 30.3 Å². The van der Waals surface area contributed by atoms with Crippen molar-refractivity contribution in [1.29, 1.82) is 0 Å². The van der Waals surface area contributed by atoms with E-state index in [9.17, 15) is 13.2 Å². The molecule has 5 nitrogen and oxygen atoms in total. The highest BCUT2D eigenvalue weighted by Gasteiger charge is 2.17. The number of benzene rings is 2. The van der Waals surface area contributed by atoms with E-state index in [-0.39, 0.29) is 18.9 Å². The van der Waals surface area contributed by atoms with Crippen LogP contribution in [-0.4, -0.2) is 27.1 Å². The lowest BCUT2D eigenvalue weighted by Crippen LogP contribution is -2.32. The number of sulfonamides is 1. The van der Waals surface area contributed by atoms with Crippen molar-refractivity contribution in [2.45, 2.75) is 19.4 Å². The fraction of sp³-hybridized carbons (Fsp3) is 0.278. The minimum Gasteiger partial charge on any atom is -0.352 e. The molecule has 0 aromatic heterocycles. The van der Waals surface area contributed by atoms with Gasteiger partial charge in [0.2, 0.25) is 15.9 Å². The van der Waals surface area contributed by atoms with Crippen molar-refractivity contribution >= 4 is 44.8 Å². The Morgan fingerprint density at radius 2 is 1.73 bits per heavy atom. The first-order chi connectivity index (χ1) is 12.3. The van der Waals surface area contributed by atoms with Crippen LogP contribution in [0.15, 0.2) is 48.5 Å². The van der Waals surface area contributed by atoms with Gasteiger partial charge in [-0.15, -0.1) is 0 Å². The number of carbonyl (C=O) groups is 1. The van der Waals surface area contributed by atoms with E-state index in [1.165, 1.54) is 4.31 Å². The second-order valence-electron chi connectivity index (χ2n) is 5.78. The summed E-state index contributed by atoms with van der Waals surface area (Å²) < 4.78 is 25.3. The molecule has 0 heterocycles. The summed E-state index contributed by atoms with van der Waals surface area (Å²) in [5, 5.41) is 3.92. The number of nitrogens with one attached hydrogen (secondary N) is 1. The molecule has 2 aromatic carbocycles. The number of nitrogens with zero attached hydrogens (tertiary/aromatic N) is 1. The first-order valence-corrected chi connectivity index (χ1v) is 10.6. The Morgan fingerprint density at radius 3 is 2.35 bits per heavy atom. The van der Waals surface area contributed by atoms with E-state index >= 15 is 0 Å². The first-order valence-electron chi connectivity index (χ1n) is 8.01. The number of halogens is 2. The summed E-state index contributed by atoms with van der Waals surface area (Å²) in [6, 6.07) is 13.8. The average Bonchev–Trinajstić information content (AvgIpc) is 2.58. The van der Waals surface area contributed by atoms with Gasteiger partial charge in [-0.3, -0.25) is 9.10 Å². The smallest absolute Gasteiger partial charge is 0.232 e. The van der Waals surface area contributed by atoms with Crippen LogP contribution in [0, 0.1) is 0 Å². The van der Waals surface area contributed by atoms with Gasteiger partial charge in [0, 0.05) is 29.6 Å². The third-order valence-corrected chi connectivity index (χ3v) is 5.53. The normalized spacial score (nSPS) is 11.2. The molecule has 0 unspecified atom stereocenters. The van der Waals surface area contributed by atoms with Crippen LogP contribution in [0.4, 0.5) is 5.69 Å². The van der Waals surface area contributed by atoms with Crippen LogP contribution in [-0.2, 0) is 21.4 Å². The van der Waals surface area contributed by atoms with E-state index in [0.717, 1.165) is 11.8 Å². The molecule has 0 bridgehead atoms. The summed E-state index contributed by atoms with van der Waals surface area (Å²) in [5.74, 6) is -0.158. The minimum atomic E-state index is -3.45. The van der Waals surface area contributed by atoms with Crippen LogP contribution in [0.5, 0.6) is 0 Å². The Balaban J connectivity index is 1.88. The maximum atomic E-state index is 12.0. The van der Waals surface area contributed by atoms with Gasteiger partial charge in [-0.05, 0) is 42.3 Å². The zero-order valence-electron chi connectivity index (χ0n) is 14.3. The molecule has 1 N–H and O–H groups in total. The van der Waals surface area contributed by atoms with Gasteiger partial charge in [-0.2, -0.15) is 0 Å². The topological polar surface area (TPSA) is 66.5 Å². The van der Waals surface area contributed by atoms with Gasteiger partial charge in [-0.1, -0.05) is 41.4 Å². The van der Waals surface area contributed by atoms with Crippen molar-refractivity contribution in [3.05, 3.63) is 64.1 Å². The fourth-order valence-corrected chi connectivity index (χ4v) is 3.69. The molecule has 8 heteroatoms. The second-order valence-corrected chi connectivity index (χ2v) is 8.53. The molecule has 0 aliphatic heterocycles. The summed E-state index contributed by atoms with van der Waals surface area (Å²) in [5.41, 5.74) is 1.36. The number of rotatable bonds is 8. The number of hydrogen-bond donors (Lipinski definition) is 1. The monoisotopic (exact) mass is 414 g/mol. The summed E-state index contributed by atoms with van der Waals surface area (Å²) in [6.07, 6.45) is 1.74. The molecule has 1 amide bonds. The van der Waals surface area contributed by atoms with E-state index in [0.29, 0.717) is 28.7 Å². The summed E-state index contributed by atoms with van der Waals surface area (Å²) in [6.45, 7) is 0.547. The van der Waals surface area contributed by atoms with Crippen LogP contribution in [0.2, 0.25) is 10.0 Å². The number of amides is 1. The molecule has 0 spiro atoms. The Labute approximate surface area is 164 Å². The van der Waals surface area contributed by atoms with Gasteiger partial charge in [0.1, 0.15) is 0 Å². The quantitative estimate of drug-likeness (QED) is 0.712. The predicted molar refractivity (Wildman–Crippen MR) is 106 cm³/mol. The Bertz CT molecular complexity index is 855. The van der Waals surface area contributed by atoms with Crippen molar-refractivity contribution in [1.82, 2.24) is 5.32 Å². The lowest BCUT2D eigenvalue weighted by atomic mass is 10.2. The molecule has 0 atom stereocenters. The number of anilines is 1. The van der Waals surface area contributed by atoms with Crippen molar-refractivity contribution in [2.24, 2.45) is 0 Å². The maximum absolute atomic E-state index is 12.0. The van der Waals surface area contributed by atoms with Gasteiger partial charge in [-0.25, -0.2) is 8.42 Å². The summed E-state index contributed by atoms with van der Waals surface area (Å²) >= 11 is 11.9. The third kappa shape index (κ3) is 6.20. The molecule has 26 heavy (non-hydrogen) atoms. The van der Waals surface area contributed by atoms with Crippen molar-refractivity contribution in [2.75, 3.05) is 17.1 Å². The molecular formula is C18H20Cl2N2O3S. The van der Waals surface area contributed by atoms with E-state index < -0.39 is 10.0 Å². The maximum Gasteiger partial charge on any atom is 0.232 e. The Hall–Kier alpha value is -1.76. The predicted octanol–water partition coefficient (Wildman–Crippen LogP) is 3.86. The average molecular weight is 415 g/mol. The molecule has 140 valence electrons. The van der Waals surface area contributed by atoms with Gasteiger partial charge in [0.05, 0.1) is 11.9 Å². The molecule has 0 saturated carbocycles. The lowest BCUT2D eigenvalue weighted by Gasteiger charge is -2.22. The van der Waals surface area contributed by atoms with Crippen molar-refractivity contribution < 1.29 is 13.2 Å². The largest absolute Gasteiger partial charge is 0.352 e. The highest BCUT2D eigenvalue weighted by Crippen LogP contribution is 2.21. The molecule has 0 aliphatic rings. The van der Waals surface area contributed by atoms with Crippen LogP contribution in [0.25, 0.3) is 0 Å². The Morgan fingerprint density at radius 1 is 1.08 bits per heavy atom. The van der Waals surface area contributed by atoms with E-state index in [2.05, 4.69) is 5.32 Å². The van der Waals surface area contributed by atoms with E-state index in [4.69, 9.17) is 23.2 Å². The standard InChI is InChI=1S/C18H20Cl2N2O3S/c1-26(24,25)22(16-10-8-15(19)9-11-16)12-4-7-18(23)21-13-14-5-2-3-6-17(14)20/h2-3,5-6,8-11H,4,7,12-13H2,1H3,(H,21,23). The van der Waals surface area contributed by atoms with Crippen LogP contribution >= 0.6 is 23.2 Å². The SMILES string of the molecule is CS(=O)(=O)N(CCCC(=O)NCc1ccccc1Cl)c1ccc(Cl)cc1. The number of carbonyl (C=O) groups excluding carboxylic acids is 1. The molecule has 0 radical (unpaired) electrons. The van der Waals surface area contributed by atoms with Gasteiger partial charge in [0.15, 0.2) is 0 Å². The molecule has 2 rings (SSSR count). The van der Waals surface area contributed by atoms with Crippen LogP contribution in [0.1, 0.15) is 18.4 Å². The molecule has 0 aliphatic carbocycles. The minimum absolute atomic E-state index is 0.158. The Kier molecular flexibility index (Phi) is 7.32. The number of hydrogen-bond acceptors (Lipinski definition) is 3. The van der Waals surface area contributed by atoms with Crippen LogP contribution in [0.3, 0.4) is 0 Å². The highest BCUT2D eigenvalue weighted by molar-refractivity contribution is 7.92. The van der Waals surface area contributed by atoms with Crippen molar-refractivity contribution in [3.8, 4) is 0 Å². The third-order valence-electron chi connectivity index (χ3n) is 3.71. The van der Waals surface area contributed by atoms with Crippen molar-refractivity contribution in [3.63, 3.8) is 0 Å². The molecule has 2 aromatic rings. The highest BCUT2D eigenvalue weighted by atomic mass is 35.5. The summed E-state index contributed by atoms with van der Waals surface area (Å²) in [7, 11) is -3.45. The second kappa shape index (κ2) is 9.26. The van der Waals surface area contributed by atoms with Crippen LogP contribution < -0.4 is 9.62 Å². The molecule has 0 fully saturated rings. The molecular weight excluding hydrogens is 395 g/mol. The lowest BCUT2D eigenvalue weighted by molar-refractivity contribution is -0.121. The van der Waals surface area contributed by atoms with E-state index in [1.807, 2.05) is 18.2 Å².